The van der Waals surface area contributed by atoms with Gasteiger partial charge in [-0.2, -0.15) is 0 Å². The van der Waals surface area contributed by atoms with Crippen LogP contribution in [0, 0.1) is 0 Å². The minimum atomic E-state index is 0.0963. The van der Waals surface area contributed by atoms with Crippen molar-refractivity contribution in [3.05, 3.63) is 119 Å². The van der Waals surface area contributed by atoms with E-state index in [1.165, 1.54) is 33.0 Å². The summed E-state index contributed by atoms with van der Waals surface area (Å²) in [6.07, 6.45) is 5.31. The number of benzene rings is 4. The molecule has 1 unspecified atom stereocenters. The molecule has 1 N–H and O–H groups in total. The van der Waals surface area contributed by atoms with Gasteiger partial charge in [0, 0.05) is 34.6 Å². The van der Waals surface area contributed by atoms with E-state index in [0.29, 0.717) is 0 Å². The SMILES string of the molecule is S=C1CC2C(=CC(c3ccc4ccccc4c3)=CN2c2ccc(Cl)cc2)c2ccccc2N1. The first-order valence-electron chi connectivity index (χ1n) is 11.0. The summed E-state index contributed by atoms with van der Waals surface area (Å²) in [5.74, 6) is 0. The van der Waals surface area contributed by atoms with Gasteiger partial charge in [0.1, 0.15) is 0 Å². The van der Waals surface area contributed by atoms with E-state index in [-0.39, 0.29) is 6.04 Å². The van der Waals surface area contributed by atoms with Crippen LogP contribution in [0.1, 0.15) is 17.5 Å². The van der Waals surface area contributed by atoms with E-state index in [1.54, 1.807) is 0 Å². The highest BCUT2D eigenvalue weighted by Gasteiger charge is 2.32. The summed E-state index contributed by atoms with van der Waals surface area (Å²) in [5, 5.41) is 6.67. The number of hydrogen-bond acceptors (Lipinski definition) is 2. The van der Waals surface area contributed by atoms with Crippen molar-refractivity contribution >= 4 is 62.1 Å². The van der Waals surface area contributed by atoms with Crippen molar-refractivity contribution in [2.24, 2.45) is 0 Å². The third-order valence-electron chi connectivity index (χ3n) is 6.38. The number of thiocarbonyl (C=S) groups is 1. The van der Waals surface area contributed by atoms with E-state index in [1.807, 2.05) is 12.1 Å². The molecular weight excluding hydrogens is 444 g/mol. The van der Waals surface area contributed by atoms with Crippen LogP contribution in [0.5, 0.6) is 0 Å². The maximum Gasteiger partial charge on any atom is 0.0821 e. The number of nitrogens with one attached hydrogen (secondary N) is 1. The molecule has 0 aliphatic carbocycles. The highest BCUT2D eigenvalue weighted by molar-refractivity contribution is 7.80. The topological polar surface area (TPSA) is 15.3 Å². The van der Waals surface area contributed by atoms with Gasteiger partial charge >= 0.3 is 0 Å². The molecule has 2 nitrogen and oxygen atoms in total. The van der Waals surface area contributed by atoms with E-state index in [9.17, 15) is 0 Å². The maximum absolute atomic E-state index is 6.21. The Morgan fingerprint density at radius 1 is 0.848 bits per heavy atom. The summed E-state index contributed by atoms with van der Waals surface area (Å²) >= 11 is 11.9. The van der Waals surface area contributed by atoms with Crippen LogP contribution < -0.4 is 10.2 Å². The normalized spacial score (nSPS) is 17.4. The standard InChI is InChI=1S/C29H21ClN2S/c30-23-11-13-24(14-12-23)32-18-22(21-10-9-19-5-1-2-6-20(19)15-21)16-26-25-7-3-4-8-27(25)31-29(33)17-28(26)32/h1-16,18,28H,17H2,(H,31,33). The van der Waals surface area contributed by atoms with Crippen molar-refractivity contribution in [1.29, 1.82) is 0 Å². The van der Waals surface area contributed by atoms with Crippen molar-refractivity contribution < 1.29 is 0 Å². The summed E-state index contributed by atoms with van der Waals surface area (Å²) in [6, 6.07) is 31.7. The second-order valence-corrected chi connectivity index (χ2v) is 9.37. The molecule has 0 amide bonds. The van der Waals surface area contributed by atoms with Crippen LogP contribution in [0.3, 0.4) is 0 Å². The molecular formula is C29H21ClN2S. The summed E-state index contributed by atoms with van der Waals surface area (Å²) in [4.78, 5) is 3.18. The van der Waals surface area contributed by atoms with Crippen molar-refractivity contribution in [2.45, 2.75) is 12.5 Å². The predicted molar refractivity (Wildman–Crippen MR) is 145 cm³/mol. The zero-order valence-electron chi connectivity index (χ0n) is 17.8. The molecule has 0 saturated heterocycles. The van der Waals surface area contributed by atoms with Crippen molar-refractivity contribution in [3.8, 4) is 0 Å². The lowest BCUT2D eigenvalue weighted by Gasteiger charge is -2.36. The highest BCUT2D eigenvalue weighted by atomic mass is 35.5. The molecule has 2 aliphatic heterocycles. The molecule has 0 aromatic heterocycles. The van der Waals surface area contributed by atoms with E-state index in [2.05, 4.69) is 101 Å². The number of nitrogens with zero attached hydrogens (tertiary/aromatic N) is 1. The Kier molecular flexibility index (Phi) is 5.01. The number of hydrogen-bond donors (Lipinski definition) is 1. The second-order valence-electron chi connectivity index (χ2n) is 8.44. The van der Waals surface area contributed by atoms with E-state index < -0.39 is 0 Å². The fourth-order valence-electron chi connectivity index (χ4n) is 4.77. The monoisotopic (exact) mass is 464 g/mol. The lowest BCUT2D eigenvalue weighted by Crippen LogP contribution is -2.35. The number of halogens is 1. The number of anilines is 2. The number of fused-ring (bicyclic) bond motifs is 4. The van der Waals surface area contributed by atoms with E-state index in [4.69, 9.17) is 23.8 Å². The minimum Gasteiger partial charge on any atom is -0.349 e. The molecule has 4 aromatic rings. The smallest absolute Gasteiger partial charge is 0.0821 e. The van der Waals surface area contributed by atoms with Gasteiger partial charge in [-0.05, 0) is 70.0 Å². The molecule has 0 spiro atoms. The van der Waals surface area contributed by atoms with Crippen LogP contribution in [0.4, 0.5) is 11.4 Å². The molecule has 4 aromatic carbocycles. The zero-order valence-corrected chi connectivity index (χ0v) is 19.4. The van der Waals surface area contributed by atoms with Crippen LogP contribution in [0.25, 0.3) is 21.9 Å². The van der Waals surface area contributed by atoms with Crippen LogP contribution >= 0.6 is 23.8 Å². The molecule has 2 aliphatic rings. The minimum absolute atomic E-state index is 0.0963. The lowest BCUT2D eigenvalue weighted by atomic mass is 9.88. The quantitative estimate of drug-likeness (QED) is 0.303. The Morgan fingerprint density at radius 2 is 1.61 bits per heavy atom. The molecule has 160 valence electrons. The maximum atomic E-state index is 6.21. The average Bonchev–Trinajstić information content (AvgIpc) is 2.99. The number of para-hydroxylation sites is 1. The van der Waals surface area contributed by atoms with Gasteiger partial charge in [0.15, 0.2) is 0 Å². The molecule has 1 atom stereocenters. The van der Waals surface area contributed by atoms with Gasteiger partial charge in [0.25, 0.3) is 0 Å². The first-order valence-corrected chi connectivity index (χ1v) is 11.8. The molecule has 6 rings (SSSR count). The van der Waals surface area contributed by atoms with Gasteiger partial charge in [0.05, 0.1) is 11.0 Å². The van der Waals surface area contributed by atoms with E-state index in [0.717, 1.165) is 27.8 Å². The Labute approximate surface area is 203 Å². The van der Waals surface area contributed by atoms with Crippen LogP contribution in [0.15, 0.2) is 103 Å². The molecule has 0 fully saturated rings. The van der Waals surface area contributed by atoms with E-state index >= 15 is 0 Å². The van der Waals surface area contributed by atoms with Crippen molar-refractivity contribution in [1.82, 2.24) is 0 Å². The first-order chi connectivity index (χ1) is 16.2. The molecule has 33 heavy (non-hydrogen) atoms. The Bertz CT molecular complexity index is 1450. The molecule has 4 heteroatoms. The summed E-state index contributed by atoms with van der Waals surface area (Å²) in [6.45, 7) is 0. The van der Waals surface area contributed by atoms with Crippen molar-refractivity contribution in [3.63, 3.8) is 0 Å². The highest BCUT2D eigenvalue weighted by Crippen LogP contribution is 2.41. The first kappa shape index (κ1) is 20.2. The zero-order chi connectivity index (χ0) is 22.4. The van der Waals surface area contributed by atoms with Gasteiger partial charge in [-0.3, -0.25) is 0 Å². The van der Waals surface area contributed by atoms with Gasteiger partial charge in [-0.25, -0.2) is 0 Å². The fraction of sp³-hybridized carbons (Fsp3) is 0.0690. The van der Waals surface area contributed by atoms with Gasteiger partial charge in [-0.1, -0.05) is 78.4 Å². The second kappa shape index (κ2) is 8.18. The molecule has 0 bridgehead atoms. The number of rotatable bonds is 2. The fourth-order valence-corrected chi connectivity index (χ4v) is 5.17. The third kappa shape index (κ3) is 3.74. The van der Waals surface area contributed by atoms with Gasteiger partial charge in [0.2, 0.25) is 0 Å². The van der Waals surface area contributed by atoms with Crippen LogP contribution in [-0.4, -0.2) is 11.0 Å². The number of allylic oxidation sites excluding steroid dienone is 2. The molecule has 2 heterocycles. The average molecular weight is 465 g/mol. The molecule has 0 saturated carbocycles. The summed E-state index contributed by atoms with van der Waals surface area (Å²) < 4.78 is 0. The Hall–Kier alpha value is -3.40. The summed E-state index contributed by atoms with van der Waals surface area (Å²) in [7, 11) is 0. The Morgan fingerprint density at radius 3 is 2.45 bits per heavy atom. The Balaban J connectivity index is 1.56. The van der Waals surface area contributed by atoms with Crippen LogP contribution in [-0.2, 0) is 0 Å². The largest absolute Gasteiger partial charge is 0.349 e. The van der Waals surface area contributed by atoms with Gasteiger partial charge < -0.3 is 10.2 Å². The van der Waals surface area contributed by atoms with Gasteiger partial charge in [-0.15, -0.1) is 0 Å². The lowest BCUT2D eigenvalue weighted by molar-refractivity contribution is 0.827. The molecule has 0 radical (unpaired) electrons. The van der Waals surface area contributed by atoms with Crippen LogP contribution in [0.2, 0.25) is 5.02 Å². The van der Waals surface area contributed by atoms with Crippen molar-refractivity contribution in [2.75, 3.05) is 10.2 Å². The predicted octanol–water partition coefficient (Wildman–Crippen LogP) is 7.95. The summed E-state index contributed by atoms with van der Waals surface area (Å²) in [5.41, 5.74) is 6.97. The third-order valence-corrected chi connectivity index (χ3v) is 6.90.